The third-order valence-electron chi connectivity index (χ3n) is 3.78. The minimum absolute atomic E-state index is 0.0700. The number of aryl methyl sites for hydroxylation is 4. The highest BCUT2D eigenvalue weighted by molar-refractivity contribution is 5.95. The molecule has 0 aliphatic heterocycles. The third-order valence-corrected chi connectivity index (χ3v) is 3.78. The summed E-state index contributed by atoms with van der Waals surface area (Å²) in [5.74, 6) is 0.790. The van der Waals surface area contributed by atoms with Crippen molar-refractivity contribution >= 4 is 11.6 Å². The Balaban J connectivity index is 2.29. The first-order valence-electron chi connectivity index (χ1n) is 7.23. The van der Waals surface area contributed by atoms with E-state index in [4.69, 9.17) is 4.52 Å². The van der Waals surface area contributed by atoms with Gasteiger partial charge in [0, 0.05) is 17.8 Å². The number of amides is 1. The first-order chi connectivity index (χ1) is 9.93. The Morgan fingerprint density at radius 2 is 1.95 bits per heavy atom. The molecule has 1 aromatic carbocycles. The van der Waals surface area contributed by atoms with E-state index in [9.17, 15) is 4.79 Å². The molecule has 0 bridgehead atoms. The molecular weight excluding hydrogens is 264 g/mol. The summed E-state index contributed by atoms with van der Waals surface area (Å²) in [6, 6.07) is 6.17. The number of nitrogens with zero attached hydrogens (tertiary/aromatic N) is 2. The summed E-state index contributed by atoms with van der Waals surface area (Å²) < 4.78 is 5.14. The number of rotatable bonds is 4. The van der Waals surface area contributed by atoms with Crippen molar-refractivity contribution in [3.8, 4) is 0 Å². The summed E-state index contributed by atoms with van der Waals surface area (Å²) in [5, 5.41) is 3.91. The second kappa shape index (κ2) is 6.12. The van der Waals surface area contributed by atoms with Crippen molar-refractivity contribution < 1.29 is 9.32 Å². The summed E-state index contributed by atoms with van der Waals surface area (Å²) in [6.45, 7) is 10.4. The Bertz CT molecular complexity index is 639. The molecule has 21 heavy (non-hydrogen) atoms. The van der Waals surface area contributed by atoms with Crippen molar-refractivity contribution in [2.45, 2.75) is 41.0 Å². The fourth-order valence-electron chi connectivity index (χ4n) is 2.49. The van der Waals surface area contributed by atoms with Gasteiger partial charge in [0.15, 0.2) is 0 Å². The quantitative estimate of drug-likeness (QED) is 0.864. The van der Waals surface area contributed by atoms with Gasteiger partial charge in [0.2, 0.25) is 5.91 Å². The lowest BCUT2D eigenvalue weighted by Crippen LogP contribution is -2.32. The number of carbonyl (C=O) groups excluding carboxylic acids is 1. The zero-order valence-corrected chi connectivity index (χ0v) is 13.4. The van der Waals surface area contributed by atoms with E-state index in [0.717, 1.165) is 33.8 Å². The molecule has 1 amide bonds. The van der Waals surface area contributed by atoms with Crippen LogP contribution in [0.5, 0.6) is 0 Å². The fraction of sp³-hybridized carbons (Fsp3) is 0.412. The first-order valence-corrected chi connectivity index (χ1v) is 7.23. The molecule has 4 nitrogen and oxygen atoms in total. The maximum absolute atomic E-state index is 12.7. The highest BCUT2D eigenvalue weighted by Crippen LogP contribution is 2.23. The topological polar surface area (TPSA) is 46.3 Å². The van der Waals surface area contributed by atoms with Crippen LogP contribution in [-0.2, 0) is 11.2 Å². The van der Waals surface area contributed by atoms with Crippen LogP contribution in [0.25, 0.3) is 0 Å². The van der Waals surface area contributed by atoms with E-state index in [1.165, 1.54) is 0 Å². The van der Waals surface area contributed by atoms with Crippen LogP contribution in [0.3, 0.4) is 0 Å². The van der Waals surface area contributed by atoms with Gasteiger partial charge in [0.05, 0.1) is 12.1 Å². The highest BCUT2D eigenvalue weighted by atomic mass is 16.5. The standard InChI is InChI=1S/C17H22N2O2/c1-6-19(16-9-11(2)7-8-12(16)3)17(20)10-15-13(4)18-21-14(15)5/h7-9H,6,10H2,1-5H3. The van der Waals surface area contributed by atoms with Crippen LogP contribution in [0.15, 0.2) is 22.7 Å². The monoisotopic (exact) mass is 286 g/mol. The van der Waals surface area contributed by atoms with Crippen LogP contribution >= 0.6 is 0 Å². The van der Waals surface area contributed by atoms with E-state index in [0.29, 0.717) is 13.0 Å². The number of anilines is 1. The molecule has 0 unspecified atom stereocenters. The number of likely N-dealkylation sites (N-methyl/N-ethyl adjacent to an activating group) is 1. The number of hydrogen-bond acceptors (Lipinski definition) is 3. The van der Waals surface area contributed by atoms with Crippen LogP contribution in [0, 0.1) is 27.7 Å². The minimum atomic E-state index is 0.0700. The van der Waals surface area contributed by atoms with E-state index < -0.39 is 0 Å². The molecule has 2 aromatic rings. The third kappa shape index (κ3) is 3.15. The number of aromatic nitrogens is 1. The smallest absolute Gasteiger partial charge is 0.231 e. The SMILES string of the molecule is CCN(C(=O)Cc1c(C)noc1C)c1cc(C)ccc1C. The van der Waals surface area contributed by atoms with Crippen molar-refractivity contribution in [1.29, 1.82) is 0 Å². The van der Waals surface area contributed by atoms with Gasteiger partial charge in [-0.05, 0) is 51.8 Å². The first kappa shape index (κ1) is 15.3. The zero-order valence-electron chi connectivity index (χ0n) is 13.4. The Morgan fingerprint density at radius 1 is 1.24 bits per heavy atom. The highest BCUT2D eigenvalue weighted by Gasteiger charge is 2.20. The van der Waals surface area contributed by atoms with Gasteiger partial charge in [-0.15, -0.1) is 0 Å². The second-order valence-corrected chi connectivity index (χ2v) is 5.41. The summed E-state index contributed by atoms with van der Waals surface area (Å²) in [4.78, 5) is 14.5. The molecule has 0 fully saturated rings. The van der Waals surface area contributed by atoms with Gasteiger partial charge >= 0.3 is 0 Å². The number of benzene rings is 1. The maximum Gasteiger partial charge on any atom is 0.231 e. The number of carbonyl (C=O) groups is 1. The van der Waals surface area contributed by atoms with E-state index in [1.54, 1.807) is 0 Å². The molecule has 0 radical (unpaired) electrons. The van der Waals surface area contributed by atoms with Crippen molar-refractivity contribution in [3.63, 3.8) is 0 Å². The molecule has 1 aromatic heterocycles. The van der Waals surface area contributed by atoms with E-state index in [-0.39, 0.29) is 5.91 Å². The summed E-state index contributed by atoms with van der Waals surface area (Å²) in [5.41, 5.74) is 4.92. The lowest BCUT2D eigenvalue weighted by molar-refractivity contribution is -0.118. The van der Waals surface area contributed by atoms with Gasteiger partial charge in [-0.2, -0.15) is 0 Å². The second-order valence-electron chi connectivity index (χ2n) is 5.41. The average molecular weight is 286 g/mol. The molecule has 0 saturated carbocycles. The minimum Gasteiger partial charge on any atom is -0.361 e. The van der Waals surface area contributed by atoms with Gasteiger partial charge in [-0.1, -0.05) is 17.3 Å². The summed E-state index contributed by atoms with van der Waals surface area (Å²) in [6.07, 6.45) is 0.322. The lowest BCUT2D eigenvalue weighted by atomic mass is 10.1. The Labute approximate surface area is 125 Å². The van der Waals surface area contributed by atoms with Crippen LogP contribution in [0.4, 0.5) is 5.69 Å². The molecular formula is C17H22N2O2. The van der Waals surface area contributed by atoms with Crippen molar-refractivity contribution in [2.75, 3.05) is 11.4 Å². The van der Waals surface area contributed by atoms with Crippen molar-refractivity contribution in [3.05, 3.63) is 46.3 Å². The average Bonchev–Trinajstić information content (AvgIpc) is 2.75. The van der Waals surface area contributed by atoms with Gasteiger partial charge in [-0.25, -0.2) is 0 Å². The van der Waals surface area contributed by atoms with Crippen molar-refractivity contribution in [1.82, 2.24) is 5.16 Å². The predicted molar refractivity (Wildman–Crippen MR) is 83.6 cm³/mol. The number of hydrogen-bond donors (Lipinski definition) is 0. The normalized spacial score (nSPS) is 10.7. The maximum atomic E-state index is 12.7. The summed E-state index contributed by atoms with van der Waals surface area (Å²) in [7, 11) is 0. The van der Waals surface area contributed by atoms with Gasteiger partial charge in [0.1, 0.15) is 5.76 Å². The van der Waals surface area contributed by atoms with E-state index >= 15 is 0 Å². The Morgan fingerprint density at radius 3 is 2.52 bits per heavy atom. The molecule has 0 spiro atoms. The van der Waals surface area contributed by atoms with Crippen LogP contribution in [0.2, 0.25) is 0 Å². The molecule has 1 heterocycles. The Hall–Kier alpha value is -2.10. The van der Waals surface area contributed by atoms with Crippen molar-refractivity contribution in [2.24, 2.45) is 0 Å². The molecule has 0 aliphatic carbocycles. The predicted octanol–water partition coefficient (Wildman–Crippen LogP) is 3.50. The van der Waals surface area contributed by atoms with E-state index in [1.807, 2.05) is 39.5 Å². The van der Waals surface area contributed by atoms with Gasteiger partial charge < -0.3 is 9.42 Å². The zero-order chi connectivity index (χ0) is 15.6. The molecule has 0 N–H and O–H groups in total. The van der Waals surface area contributed by atoms with Crippen LogP contribution < -0.4 is 4.90 Å². The molecule has 0 aliphatic rings. The molecule has 4 heteroatoms. The largest absolute Gasteiger partial charge is 0.361 e. The summed E-state index contributed by atoms with van der Waals surface area (Å²) >= 11 is 0. The lowest BCUT2D eigenvalue weighted by Gasteiger charge is -2.23. The molecule has 0 saturated heterocycles. The molecule has 112 valence electrons. The van der Waals surface area contributed by atoms with Crippen LogP contribution in [-0.4, -0.2) is 17.6 Å². The van der Waals surface area contributed by atoms with Crippen LogP contribution in [0.1, 0.15) is 35.1 Å². The molecule has 2 rings (SSSR count). The fourth-order valence-corrected chi connectivity index (χ4v) is 2.49. The Kier molecular flexibility index (Phi) is 4.46. The van der Waals surface area contributed by atoms with Gasteiger partial charge in [-0.3, -0.25) is 4.79 Å². The molecule has 0 atom stereocenters. The van der Waals surface area contributed by atoms with Gasteiger partial charge in [0.25, 0.3) is 0 Å². The van der Waals surface area contributed by atoms with E-state index in [2.05, 4.69) is 23.4 Å².